The van der Waals surface area contributed by atoms with E-state index in [2.05, 4.69) is 67.3 Å². The molecule has 0 N–H and O–H groups in total. The minimum absolute atomic E-state index is 0.0113. The number of methoxy groups -OCH3 is 1. The topological polar surface area (TPSA) is 60.2 Å². The first-order valence-corrected chi connectivity index (χ1v) is 10.4. The summed E-state index contributed by atoms with van der Waals surface area (Å²) in [6, 6.07) is 16.4. The number of nitrogens with zero attached hydrogens (tertiary/aromatic N) is 4. The van der Waals surface area contributed by atoms with Gasteiger partial charge < -0.3 is 4.74 Å². The summed E-state index contributed by atoms with van der Waals surface area (Å²) in [5, 5.41) is 4.49. The predicted molar refractivity (Wildman–Crippen MR) is 117 cm³/mol. The lowest BCUT2D eigenvalue weighted by Gasteiger charge is -2.39. The first-order chi connectivity index (χ1) is 14.5. The molecule has 4 rings (SSSR count). The lowest BCUT2D eigenvalue weighted by Crippen LogP contribution is -2.43. The van der Waals surface area contributed by atoms with E-state index >= 15 is 0 Å². The molecule has 0 saturated heterocycles. The van der Waals surface area contributed by atoms with Gasteiger partial charge in [-0.25, -0.2) is 4.68 Å². The van der Waals surface area contributed by atoms with Crippen molar-refractivity contribution in [1.82, 2.24) is 14.8 Å². The van der Waals surface area contributed by atoms with Crippen molar-refractivity contribution in [2.75, 3.05) is 12.0 Å². The maximum absolute atomic E-state index is 13.3. The fourth-order valence-corrected chi connectivity index (χ4v) is 4.10. The van der Waals surface area contributed by atoms with Gasteiger partial charge in [0.15, 0.2) is 0 Å². The molecule has 2 heterocycles. The number of amides is 1. The van der Waals surface area contributed by atoms with Crippen LogP contribution in [-0.2, 0) is 4.79 Å². The van der Waals surface area contributed by atoms with Crippen molar-refractivity contribution >= 4 is 11.9 Å². The molecule has 0 unspecified atom stereocenters. The molecule has 0 saturated carbocycles. The van der Waals surface area contributed by atoms with Crippen LogP contribution in [0.4, 0.5) is 5.95 Å². The summed E-state index contributed by atoms with van der Waals surface area (Å²) in [4.78, 5) is 19.6. The maximum Gasteiger partial charge on any atom is 0.231 e. The van der Waals surface area contributed by atoms with Crippen LogP contribution in [0, 0.1) is 12.8 Å². The first kappa shape index (κ1) is 20.1. The van der Waals surface area contributed by atoms with Crippen molar-refractivity contribution in [2.45, 2.75) is 45.7 Å². The van der Waals surface area contributed by atoms with Gasteiger partial charge in [-0.2, -0.15) is 10.1 Å². The Labute approximate surface area is 177 Å². The molecule has 6 heteroatoms. The Balaban J connectivity index is 1.79. The number of anilines is 1. The lowest BCUT2D eigenvalue weighted by molar-refractivity contribution is -0.120. The zero-order chi connectivity index (χ0) is 21.3. The quantitative estimate of drug-likeness (QED) is 0.618. The van der Waals surface area contributed by atoms with E-state index in [1.165, 1.54) is 5.56 Å². The molecule has 1 aliphatic heterocycles. The fraction of sp³-hybridized carbons (Fsp3) is 0.375. The SMILES string of the molecule is COc1ccc([C@H]2C[C@H](c3ccc(C)cc3)N(C(=O)CC(C)C)c3ncnn32)cc1. The van der Waals surface area contributed by atoms with Crippen LogP contribution < -0.4 is 9.64 Å². The Morgan fingerprint density at radius 3 is 2.33 bits per heavy atom. The van der Waals surface area contributed by atoms with E-state index in [1.807, 2.05) is 21.7 Å². The minimum atomic E-state index is -0.0966. The van der Waals surface area contributed by atoms with Crippen LogP contribution in [0.5, 0.6) is 5.75 Å². The van der Waals surface area contributed by atoms with E-state index in [0.717, 1.165) is 23.3 Å². The molecule has 2 atom stereocenters. The molecule has 0 fully saturated rings. The molecule has 30 heavy (non-hydrogen) atoms. The molecule has 0 spiro atoms. The highest BCUT2D eigenvalue weighted by Crippen LogP contribution is 2.42. The average Bonchev–Trinajstić information content (AvgIpc) is 3.22. The van der Waals surface area contributed by atoms with E-state index in [4.69, 9.17) is 4.74 Å². The monoisotopic (exact) mass is 404 g/mol. The van der Waals surface area contributed by atoms with Gasteiger partial charge >= 0.3 is 0 Å². The zero-order valence-electron chi connectivity index (χ0n) is 17.9. The molecule has 156 valence electrons. The summed E-state index contributed by atoms with van der Waals surface area (Å²) in [5.41, 5.74) is 3.44. The van der Waals surface area contributed by atoms with Crippen LogP contribution in [0.15, 0.2) is 54.9 Å². The summed E-state index contributed by atoms with van der Waals surface area (Å²) in [6.45, 7) is 6.20. The van der Waals surface area contributed by atoms with Crippen LogP contribution in [0.1, 0.15) is 55.5 Å². The smallest absolute Gasteiger partial charge is 0.231 e. The van der Waals surface area contributed by atoms with Gasteiger partial charge in [-0.05, 0) is 42.5 Å². The second kappa shape index (κ2) is 8.30. The molecule has 0 radical (unpaired) electrons. The molecule has 2 aromatic carbocycles. The normalized spacial score (nSPS) is 18.4. The second-order valence-electron chi connectivity index (χ2n) is 8.32. The summed E-state index contributed by atoms with van der Waals surface area (Å²) in [5.74, 6) is 1.78. The largest absolute Gasteiger partial charge is 0.497 e. The number of aromatic nitrogens is 3. The summed E-state index contributed by atoms with van der Waals surface area (Å²) >= 11 is 0. The third-order valence-electron chi connectivity index (χ3n) is 5.64. The van der Waals surface area contributed by atoms with Gasteiger partial charge in [-0.1, -0.05) is 55.8 Å². The highest BCUT2D eigenvalue weighted by atomic mass is 16.5. The summed E-state index contributed by atoms with van der Waals surface area (Å²) in [6.07, 6.45) is 2.75. The van der Waals surface area contributed by atoms with E-state index in [1.54, 1.807) is 13.4 Å². The summed E-state index contributed by atoms with van der Waals surface area (Å²) in [7, 11) is 1.66. The number of benzene rings is 2. The average molecular weight is 405 g/mol. The lowest BCUT2D eigenvalue weighted by atomic mass is 9.91. The Kier molecular flexibility index (Phi) is 5.57. The van der Waals surface area contributed by atoms with Crippen molar-refractivity contribution in [3.63, 3.8) is 0 Å². The Bertz CT molecular complexity index is 1010. The van der Waals surface area contributed by atoms with Crippen LogP contribution in [0.2, 0.25) is 0 Å². The van der Waals surface area contributed by atoms with Gasteiger partial charge in [0.25, 0.3) is 0 Å². The number of rotatable bonds is 5. The molecule has 0 bridgehead atoms. The number of carbonyl (C=O) groups is 1. The highest BCUT2D eigenvalue weighted by Gasteiger charge is 2.39. The van der Waals surface area contributed by atoms with Crippen molar-refractivity contribution in [2.24, 2.45) is 5.92 Å². The third-order valence-corrected chi connectivity index (χ3v) is 5.64. The number of carbonyl (C=O) groups excluding carboxylic acids is 1. The van der Waals surface area contributed by atoms with E-state index in [-0.39, 0.29) is 23.9 Å². The molecular weight excluding hydrogens is 376 g/mol. The highest BCUT2D eigenvalue weighted by molar-refractivity contribution is 5.93. The zero-order valence-corrected chi connectivity index (χ0v) is 17.9. The van der Waals surface area contributed by atoms with Gasteiger partial charge in [0.1, 0.15) is 12.1 Å². The van der Waals surface area contributed by atoms with Crippen molar-refractivity contribution < 1.29 is 9.53 Å². The van der Waals surface area contributed by atoms with Crippen molar-refractivity contribution in [1.29, 1.82) is 0 Å². The molecule has 3 aromatic rings. The number of aryl methyl sites for hydroxylation is 1. The number of hydrogen-bond donors (Lipinski definition) is 0. The Hall–Kier alpha value is -3.15. The van der Waals surface area contributed by atoms with Gasteiger partial charge in [0.05, 0.1) is 19.2 Å². The Morgan fingerprint density at radius 2 is 1.70 bits per heavy atom. The van der Waals surface area contributed by atoms with Gasteiger partial charge in [-0.3, -0.25) is 9.69 Å². The third kappa shape index (κ3) is 3.82. The predicted octanol–water partition coefficient (Wildman–Crippen LogP) is 4.71. The first-order valence-electron chi connectivity index (χ1n) is 10.4. The standard InChI is InChI=1S/C24H28N4O2/c1-16(2)13-23(29)27-21(18-7-5-17(3)6-8-18)14-22(28-24(27)25-15-26-28)19-9-11-20(30-4)12-10-19/h5-12,15-16,21-22H,13-14H2,1-4H3/t21-,22-/m1/s1. The molecule has 1 aliphatic rings. The van der Waals surface area contributed by atoms with Crippen LogP contribution in [0.3, 0.4) is 0 Å². The Morgan fingerprint density at radius 1 is 1.07 bits per heavy atom. The molecule has 0 aliphatic carbocycles. The van der Waals surface area contributed by atoms with Crippen LogP contribution in [-0.4, -0.2) is 27.8 Å². The van der Waals surface area contributed by atoms with Crippen LogP contribution in [0.25, 0.3) is 0 Å². The van der Waals surface area contributed by atoms with Gasteiger partial charge in [-0.15, -0.1) is 0 Å². The van der Waals surface area contributed by atoms with Crippen molar-refractivity contribution in [3.8, 4) is 5.75 Å². The summed E-state index contributed by atoms with van der Waals surface area (Å²) < 4.78 is 7.19. The second-order valence-corrected chi connectivity index (χ2v) is 8.32. The number of hydrogen-bond acceptors (Lipinski definition) is 4. The molecular formula is C24H28N4O2. The van der Waals surface area contributed by atoms with E-state index < -0.39 is 0 Å². The molecule has 1 amide bonds. The number of ether oxygens (including phenoxy) is 1. The fourth-order valence-electron chi connectivity index (χ4n) is 4.10. The number of fused-ring (bicyclic) bond motifs is 1. The van der Waals surface area contributed by atoms with Crippen LogP contribution >= 0.6 is 0 Å². The van der Waals surface area contributed by atoms with Crippen molar-refractivity contribution in [3.05, 3.63) is 71.5 Å². The minimum Gasteiger partial charge on any atom is -0.497 e. The van der Waals surface area contributed by atoms with Gasteiger partial charge in [0, 0.05) is 6.42 Å². The van der Waals surface area contributed by atoms with Gasteiger partial charge in [0.2, 0.25) is 11.9 Å². The molecule has 6 nitrogen and oxygen atoms in total. The van der Waals surface area contributed by atoms with E-state index in [0.29, 0.717) is 12.4 Å². The molecule has 1 aromatic heterocycles. The van der Waals surface area contributed by atoms with E-state index in [9.17, 15) is 4.79 Å². The maximum atomic E-state index is 13.3.